The zero-order chi connectivity index (χ0) is 33.3. The fraction of sp³-hybridized carbons (Fsp3) is 0.474. The zero-order valence-corrected chi connectivity index (χ0v) is 30.0. The Morgan fingerprint density at radius 2 is 1.47 bits per heavy atom. The molecule has 47 heavy (non-hydrogen) atoms. The average Bonchev–Trinajstić information content (AvgIpc) is 3.00. The first-order valence-electron chi connectivity index (χ1n) is 16.8. The molecule has 0 aromatic heterocycles. The van der Waals surface area contributed by atoms with Crippen LogP contribution in [-0.4, -0.2) is 50.0 Å². The van der Waals surface area contributed by atoms with Gasteiger partial charge in [0.25, 0.3) is 0 Å². The third kappa shape index (κ3) is 7.78. The van der Waals surface area contributed by atoms with Gasteiger partial charge in [-0.3, -0.25) is 13.9 Å². The number of sulfonamides is 1. The van der Waals surface area contributed by atoms with Gasteiger partial charge in [-0.05, 0) is 116 Å². The number of nitrogens with one attached hydrogen (secondary N) is 1. The Morgan fingerprint density at radius 3 is 2.02 bits per heavy atom. The number of nitrogens with zero attached hydrogens (tertiary/aromatic N) is 2. The Hall–Kier alpha value is -3.17. The molecule has 4 fully saturated rings. The number of carbonyl (C=O) groups is 2. The highest BCUT2D eigenvalue weighted by molar-refractivity contribution is 9.10. The van der Waals surface area contributed by atoms with Crippen molar-refractivity contribution in [1.29, 1.82) is 0 Å². The van der Waals surface area contributed by atoms with E-state index < -0.39 is 28.5 Å². The number of rotatable bonds is 12. The maximum Gasteiger partial charge on any atom is 0.244 e. The molecule has 1 N–H and O–H groups in total. The molecule has 0 spiro atoms. The van der Waals surface area contributed by atoms with Crippen molar-refractivity contribution >= 4 is 43.5 Å². The number of hydrogen-bond acceptors (Lipinski definition) is 4. The quantitative estimate of drug-likeness (QED) is 0.222. The molecule has 7 nitrogen and oxygen atoms in total. The van der Waals surface area contributed by atoms with Crippen molar-refractivity contribution in [3.05, 3.63) is 100 Å². The first-order chi connectivity index (χ1) is 22.4. The summed E-state index contributed by atoms with van der Waals surface area (Å²) >= 11 is 3.52. The van der Waals surface area contributed by atoms with Crippen molar-refractivity contribution in [2.45, 2.75) is 82.8 Å². The van der Waals surface area contributed by atoms with Crippen LogP contribution in [0.4, 0.5) is 5.69 Å². The van der Waals surface area contributed by atoms with Gasteiger partial charge in [-0.25, -0.2) is 8.42 Å². The largest absolute Gasteiger partial charge is 0.352 e. The van der Waals surface area contributed by atoms with E-state index in [1.165, 1.54) is 53.3 Å². The van der Waals surface area contributed by atoms with E-state index in [0.29, 0.717) is 5.69 Å². The van der Waals surface area contributed by atoms with E-state index in [1.807, 2.05) is 80.6 Å². The molecule has 4 aliphatic carbocycles. The van der Waals surface area contributed by atoms with E-state index in [2.05, 4.69) is 33.4 Å². The standard InChI is InChI=1S/C38H46BrN3O4S/c1-26(2)40-37(44)35(20-27-8-5-4-6-9-27)41(24-28-10-7-11-33(39)19-28)36(43)25-42(47(3,45)46)34-14-12-32(13-15-34)38-21-29-16-30(22-38)18-31(17-29)23-38/h4-15,19,26,29-31,35H,16-18,20-25H2,1-3H3,(H,40,44)/t29?,30?,31?,35-,38?/m0/s1. The van der Waals surface area contributed by atoms with Gasteiger partial charge in [0, 0.05) is 23.5 Å². The summed E-state index contributed by atoms with van der Waals surface area (Å²) in [6.45, 7) is 3.50. The zero-order valence-electron chi connectivity index (χ0n) is 27.6. The minimum Gasteiger partial charge on any atom is -0.352 e. The Kier molecular flexibility index (Phi) is 9.86. The lowest BCUT2D eigenvalue weighted by Gasteiger charge is -2.57. The predicted octanol–water partition coefficient (Wildman–Crippen LogP) is 6.85. The summed E-state index contributed by atoms with van der Waals surface area (Å²) in [6, 6.07) is 24.1. The van der Waals surface area contributed by atoms with Gasteiger partial charge in [0.1, 0.15) is 12.6 Å². The molecule has 250 valence electrons. The molecule has 4 aliphatic rings. The Labute approximate surface area is 288 Å². The number of carbonyl (C=O) groups excluding carboxylic acids is 2. The molecule has 9 heteroatoms. The highest BCUT2D eigenvalue weighted by atomic mass is 79.9. The van der Waals surface area contributed by atoms with Gasteiger partial charge in [-0.15, -0.1) is 0 Å². The highest BCUT2D eigenvalue weighted by Crippen LogP contribution is 2.60. The van der Waals surface area contributed by atoms with Crippen LogP contribution in [0.25, 0.3) is 0 Å². The molecule has 0 saturated heterocycles. The number of halogens is 1. The first kappa shape index (κ1) is 33.7. The lowest BCUT2D eigenvalue weighted by molar-refractivity contribution is -0.140. The van der Waals surface area contributed by atoms with Crippen LogP contribution in [0.15, 0.2) is 83.3 Å². The minimum absolute atomic E-state index is 0.136. The molecule has 2 amide bonds. The van der Waals surface area contributed by atoms with Crippen LogP contribution in [0.3, 0.4) is 0 Å². The minimum atomic E-state index is -3.83. The van der Waals surface area contributed by atoms with Crippen LogP contribution in [0.5, 0.6) is 0 Å². The fourth-order valence-corrected chi connectivity index (χ4v) is 10.1. The molecular weight excluding hydrogens is 674 g/mol. The SMILES string of the molecule is CC(C)NC(=O)[C@H](Cc1ccccc1)N(Cc1cccc(Br)c1)C(=O)CN(c1ccc(C23CC4CC(CC(C4)C2)C3)cc1)S(C)(=O)=O. The maximum atomic E-state index is 14.4. The highest BCUT2D eigenvalue weighted by Gasteiger charge is 2.51. The summed E-state index contributed by atoms with van der Waals surface area (Å²) in [7, 11) is -3.83. The predicted molar refractivity (Wildman–Crippen MR) is 190 cm³/mol. The van der Waals surface area contributed by atoms with Gasteiger partial charge >= 0.3 is 0 Å². The second kappa shape index (κ2) is 13.7. The van der Waals surface area contributed by atoms with Crippen molar-refractivity contribution in [1.82, 2.24) is 10.2 Å². The molecule has 4 saturated carbocycles. The lowest BCUT2D eigenvalue weighted by Crippen LogP contribution is -2.54. The van der Waals surface area contributed by atoms with E-state index in [1.54, 1.807) is 0 Å². The summed E-state index contributed by atoms with van der Waals surface area (Å²) in [5.41, 5.74) is 3.68. The average molecular weight is 721 g/mol. The number of anilines is 1. The van der Waals surface area contributed by atoms with Crippen molar-refractivity contribution in [2.24, 2.45) is 17.8 Å². The molecule has 3 aromatic rings. The van der Waals surface area contributed by atoms with Gasteiger partial charge in [-0.2, -0.15) is 0 Å². The van der Waals surface area contributed by atoms with E-state index in [4.69, 9.17) is 0 Å². The van der Waals surface area contributed by atoms with Gasteiger partial charge in [0.15, 0.2) is 0 Å². The Balaban J connectivity index is 1.31. The van der Waals surface area contributed by atoms with E-state index in [-0.39, 0.29) is 30.3 Å². The molecule has 0 aliphatic heterocycles. The fourth-order valence-electron chi connectivity index (χ4n) is 8.83. The van der Waals surface area contributed by atoms with Crippen LogP contribution in [0.1, 0.15) is 69.1 Å². The van der Waals surface area contributed by atoms with Gasteiger partial charge in [0.2, 0.25) is 21.8 Å². The molecule has 1 atom stereocenters. The Morgan fingerprint density at radius 1 is 0.872 bits per heavy atom. The second-order valence-electron chi connectivity index (χ2n) is 14.5. The summed E-state index contributed by atoms with van der Waals surface area (Å²) in [5, 5.41) is 3.00. The monoisotopic (exact) mass is 719 g/mol. The second-order valence-corrected chi connectivity index (χ2v) is 17.4. The summed E-state index contributed by atoms with van der Waals surface area (Å²) in [5.74, 6) is 1.69. The molecule has 0 heterocycles. The van der Waals surface area contributed by atoms with Crippen molar-refractivity contribution < 1.29 is 18.0 Å². The number of benzene rings is 3. The van der Waals surface area contributed by atoms with E-state index in [9.17, 15) is 18.0 Å². The van der Waals surface area contributed by atoms with Crippen LogP contribution in [0, 0.1) is 17.8 Å². The third-order valence-electron chi connectivity index (χ3n) is 10.4. The topological polar surface area (TPSA) is 86.8 Å². The summed E-state index contributed by atoms with van der Waals surface area (Å²) in [6.07, 6.45) is 9.17. The summed E-state index contributed by atoms with van der Waals surface area (Å²) in [4.78, 5) is 29.7. The molecule has 0 radical (unpaired) electrons. The molecule has 7 rings (SSSR count). The van der Waals surface area contributed by atoms with Gasteiger partial charge < -0.3 is 10.2 Å². The summed E-state index contributed by atoms with van der Waals surface area (Å²) < 4.78 is 28.7. The van der Waals surface area contributed by atoms with Crippen LogP contribution in [0.2, 0.25) is 0 Å². The normalized spacial score (nSPS) is 23.8. The van der Waals surface area contributed by atoms with Gasteiger partial charge in [0.05, 0.1) is 11.9 Å². The van der Waals surface area contributed by atoms with Crippen molar-refractivity contribution in [2.75, 3.05) is 17.1 Å². The number of amides is 2. The van der Waals surface area contributed by atoms with Crippen LogP contribution >= 0.6 is 15.9 Å². The maximum absolute atomic E-state index is 14.4. The molecule has 4 bridgehead atoms. The number of hydrogen-bond donors (Lipinski definition) is 1. The van der Waals surface area contributed by atoms with Crippen molar-refractivity contribution in [3.63, 3.8) is 0 Å². The third-order valence-corrected chi connectivity index (χ3v) is 12.1. The van der Waals surface area contributed by atoms with Crippen molar-refractivity contribution in [3.8, 4) is 0 Å². The smallest absolute Gasteiger partial charge is 0.244 e. The van der Waals surface area contributed by atoms with Gasteiger partial charge in [-0.1, -0.05) is 70.5 Å². The van der Waals surface area contributed by atoms with Crippen LogP contribution in [-0.2, 0) is 38.0 Å². The Bertz CT molecular complexity index is 1660. The van der Waals surface area contributed by atoms with Crippen LogP contribution < -0.4 is 9.62 Å². The van der Waals surface area contributed by atoms with E-state index in [0.717, 1.165) is 39.6 Å². The lowest BCUT2D eigenvalue weighted by atomic mass is 9.48. The molecule has 0 unspecified atom stereocenters. The first-order valence-corrected chi connectivity index (χ1v) is 19.5. The van der Waals surface area contributed by atoms with E-state index >= 15 is 0 Å². The molecular formula is C38H46BrN3O4S. The molecule has 3 aromatic carbocycles.